The first-order valence-electron chi connectivity index (χ1n) is 8.71. The Morgan fingerprint density at radius 2 is 1.92 bits per heavy atom. The molecule has 0 spiro atoms. The summed E-state index contributed by atoms with van der Waals surface area (Å²) in [5.41, 5.74) is 3.10. The molecule has 0 aromatic carbocycles. The Bertz CT molecular complexity index is 788. The Morgan fingerprint density at radius 3 is 2.50 bits per heavy atom. The third kappa shape index (κ3) is 4.94. The zero-order valence-electron chi connectivity index (χ0n) is 16.5. The topological polar surface area (TPSA) is 67.2 Å². The average Bonchev–Trinajstić information content (AvgIpc) is 2.81. The molecule has 0 aliphatic heterocycles. The lowest BCUT2D eigenvalue weighted by Gasteiger charge is -2.23. The predicted molar refractivity (Wildman–Crippen MR) is 102 cm³/mol. The van der Waals surface area contributed by atoms with Crippen LogP contribution in [0.25, 0.3) is 0 Å². The maximum absolute atomic E-state index is 12.8. The Morgan fingerprint density at radius 1 is 1.23 bits per heavy atom. The smallest absolute Gasteiger partial charge is 0.255 e. The number of carbonyl (C=O) groups is 2. The van der Waals surface area contributed by atoms with Crippen molar-refractivity contribution in [2.75, 3.05) is 13.6 Å². The monoisotopic (exact) mass is 356 g/mol. The summed E-state index contributed by atoms with van der Waals surface area (Å²) in [7, 11) is 1.65. The molecular formula is C20H28N4O2. The van der Waals surface area contributed by atoms with Crippen molar-refractivity contribution in [1.82, 2.24) is 19.8 Å². The molecule has 0 bridgehead atoms. The molecule has 0 radical (unpaired) electrons. The van der Waals surface area contributed by atoms with Crippen molar-refractivity contribution in [3.8, 4) is 0 Å². The molecule has 0 saturated carbocycles. The van der Waals surface area contributed by atoms with Crippen LogP contribution in [0.5, 0.6) is 0 Å². The molecule has 0 saturated heterocycles. The maximum Gasteiger partial charge on any atom is 0.255 e. The van der Waals surface area contributed by atoms with Crippen LogP contribution >= 0.6 is 0 Å². The predicted octanol–water partition coefficient (Wildman–Crippen LogP) is 2.53. The minimum atomic E-state index is -0.320. The summed E-state index contributed by atoms with van der Waals surface area (Å²) in [5, 5.41) is 2.87. The van der Waals surface area contributed by atoms with Gasteiger partial charge in [0.05, 0.1) is 24.3 Å². The van der Waals surface area contributed by atoms with E-state index >= 15 is 0 Å². The number of amides is 2. The second-order valence-corrected chi connectivity index (χ2v) is 7.65. The lowest BCUT2D eigenvalue weighted by Crippen LogP contribution is -2.46. The number of aryl methyl sites for hydroxylation is 1. The van der Waals surface area contributed by atoms with E-state index in [-0.39, 0.29) is 23.9 Å². The molecule has 6 heteroatoms. The van der Waals surface area contributed by atoms with E-state index in [1.54, 1.807) is 13.2 Å². The Hall–Kier alpha value is -2.63. The van der Waals surface area contributed by atoms with Gasteiger partial charge >= 0.3 is 0 Å². The molecule has 1 N–H and O–H groups in total. The minimum absolute atomic E-state index is 0.0278. The molecule has 2 aromatic rings. The van der Waals surface area contributed by atoms with Gasteiger partial charge in [-0.05, 0) is 52.8 Å². The number of nitrogens with one attached hydrogen (secondary N) is 1. The second kappa shape index (κ2) is 7.72. The van der Waals surface area contributed by atoms with Crippen molar-refractivity contribution in [3.63, 3.8) is 0 Å². The summed E-state index contributed by atoms with van der Waals surface area (Å²) in [6, 6.07) is 7.66. The van der Waals surface area contributed by atoms with E-state index in [0.29, 0.717) is 12.1 Å². The van der Waals surface area contributed by atoms with E-state index in [9.17, 15) is 9.59 Å². The van der Waals surface area contributed by atoms with Crippen LogP contribution in [0.2, 0.25) is 0 Å². The van der Waals surface area contributed by atoms with Crippen LogP contribution in [0.1, 0.15) is 48.2 Å². The van der Waals surface area contributed by atoms with Gasteiger partial charge in [0.15, 0.2) is 0 Å². The number of hydrogen-bond donors (Lipinski definition) is 1. The molecule has 6 nitrogen and oxygen atoms in total. The largest absolute Gasteiger partial charge is 0.350 e. The third-order valence-corrected chi connectivity index (χ3v) is 4.09. The highest BCUT2D eigenvalue weighted by molar-refractivity contribution is 5.97. The zero-order chi connectivity index (χ0) is 19.5. The van der Waals surface area contributed by atoms with Gasteiger partial charge in [0.1, 0.15) is 0 Å². The molecule has 2 amide bonds. The van der Waals surface area contributed by atoms with Gasteiger partial charge in [-0.15, -0.1) is 0 Å². The fourth-order valence-electron chi connectivity index (χ4n) is 2.87. The lowest BCUT2D eigenvalue weighted by atomic mass is 10.1. The first-order chi connectivity index (χ1) is 12.1. The number of nitrogens with zero attached hydrogens (tertiary/aromatic N) is 3. The van der Waals surface area contributed by atoms with Crippen molar-refractivity contribution in [1.29, 1.82) is 0 Å². The standard InChI is InChI=1S/C20H28N4O2/c1-14-11-17(15(2)24(14)12-16-9-7-8-10-21-16)19(26)23(6)13-18(25)22-20(3,4)5/h7-11H,12-13H2,1-6H3,(H,22,25). The van der Waals surface area contributed by atoms with E-state index in [0.717, 1.165) is 17.1 Å². The summed E-state index contributed by atoms with van der Waals surface area (Å²) in [6.45, 7) is 10.3. The van der Waals surface area contributed by atoms with Crippen molar-refractivity contribution in [3.05, 3.63) is 53.1 Å². The van der Waals surface area contributed by atoms with Crippen molar-refractivity contribution in [2.45, 2.75) is 46.7 Å². The van der Waals surface area contributed by atoms with Crippen molar-refractivity contribution >= 4 is 11.8 Å². The normalized spacial score (nSPS) is 11.3. The molecule has 0 unspecified atom stereocenters. The Balaban J connectivity index is 2.14. The second-order valence-electron chi connectivity index (χ2n) is 7.65. The number of likely N-dealkylation sites (N-methyl/N-ethyl adjacent to an activating group) is 1. The number of hydrogen-bond acceptors (Lipinski definition) is 3. The fourth-order valence-corrected chi connectivity index (χ4v) is 2.87. The molecular weight excluding hydrogens is 328 g/mol. The summed E-state index contributed by atoms with van der Waals surface area (Å²) in [5.74, 6) is -0.329. The molecule has 140 valence electrons. The first kappa shape index (κ1) is 19.7. The van der Waals surface area contributed by atoms with Gasteiger partial charge in [-0.25, -0.2) is 0 Å². The minimum Gasteiger partial charge on any atom is -0.350 e. The van der Waals surface area contributed by atoms with Crippen molar-refractivity contribution in [2.24, 2.45) is 0 Å². The van der Waals surface area contributed by atoms with Crippen molar-refractivity contribution < 1.29 is 9.59 Å². The highest BCUT2D eigenvalue weighted by atomic mass is 16.2. The van der Waals surface area contributed by atoms with Gasteiger partial charge in [-0.3, -0.25) is 14.6 Å². The van der Waals surface area contributed by atoms with Gasteiger partial charge in [-0.1, -0.05) is 6.07 Å². The van der Waals surface area contributed by atoms with Gasteiger partial charge in [0, 0.05) is 30.2 Å². The van der Waals surface area contributed by atoms with Crippen LogP contribution in [-0.2, 0) is 11.3 Å². The highest BCUT2D eigenvalue weighted by Crippen LogP contribution is 2.18. The SMILES string of the molecule is Cc1cc(C(=O)N(C)CC(=O)NC(C)(C)C)c(C)n1Cc1ccccn1. The quantitative estimate of drug-likeness (QED) is 0.895. The Kier molecular flexibility index (Phi) is 5.85. The molecule has 0 aliphatic rings. The van der Waals surface area contributed by atoms with Gasteiger partial charge in [0.25, 0.3) is 5.91 Å². The lowest BCUT2D eigenvalue weighted by molar-refractivity contribution is -0.122. The summed E-state index contributed by atoms with van der Waals surface area (Å²) >= 11 is 0. The third-order valence-electron chi connectivity index (χ3n) is 4.09. The van der Waals surface area contributed by atoms with Crippen LogP contribution < -0.4 is 5.32 Å². The average molecular weight is 356 g/mol. The highest BCUT2D eigenvalue weighted by Gasteiger charge is 2.22. The fraction of sp³-hybridized carbons (Fsp3) is 0.450. The molecule has 2 rings (SSSR count). The summed E-state index contributed by atoms with van der Waals surface area (Å²) in [4.78, 5) is 30.7. The molecule has 2 aromatic heterocycles. The molecule has 0 fully saturated rings. The van der Waals surface area contributed by atoms with E-state index in [1.165, 1.54) is 4.90 Å². The summed E-state index contributed by atoms with van der Waals surface area (Å²) < 4.78 is 2.07. The number of aromatic nitrogens is 2. The van der Waals surface area contributed by atoms with Crippen LogP contribution in [0.15, 0.2) is 30.5 Å². The number of rotatable bonds is 5. The number of carbonyl (C=O) groups excluding carboxylic acids is 2. The number of pyridine rings is 1. The molecule has 2 heterocycles. The first-order valence-corrected chi connectivity index (χ1v) is 8.71. The van der Waals surface area contributed by atoms with Crippen LogP contribution in [0.4, 0.5) is 0 Å². The van der Waals surface area contributed by atoms with E-state index in [4.69, 9.17) is 0 Å². The van der Waals surface area contributed by atoms with Crippen LogP contribution in [0, 0.1) is 13.8 Å². The van der Waals surface area contributed by atoms with E-state index in [1.807, 2.05) is 58.9 Å². The zero-order valence-corrected chi connectivity index (χ0v) is 16.5. The van der Waals surface area contributed by atoms with Crippen LogP contribution in [0.3, 0.4) is 0 Å². The van der Waals surface area contributed by atoms with Gasteiger partial charge in [0.2, 0.25) is 5.91 Å². The van der Waals surface area contributed by atoms with E-state index in [2.05, 4.69) is 14.9 Å². The molecule has 26 heavy (non-hydrogen) atoms. The van der Waals surface area contributed by atoms with Gasteiger partial charge in [-0.2, -0.15) is 0 Å². The van der Waals surface area contributed by atoms with Gasteiger partial charge < -0.3 is 14.8 Å². The molecule has 0 aliphatic carbocycles. The summed E-state index contributed by atoms with van der Waals surface area (Å²) in [6.07, 6.45) is 1.76. The molecule has 0 atom stereocenters. The Labute approximate surface area is 155 Å². The van der Waals surface area contributed by atoms with E-state index < -0.39 is 0 Å². The van der Waals surface area contributed by atoms with Crippen LogP contribution in [-0.4, -0.2) is 45.4 Å². The maximum atomic E-state index is 12.8.